The minimum atomic E-state index is -0.963. The second kappa shape index (κ2) is 15.9. The zero-order valence-electron chi connectivity index (χ0n) is 21.6. The van der Waals surface area contributed by atoms with Gasteiger partial charge in [0.05, 0.1) is 26.3 Å². The van der Waals surface area contributed by atoms with Crippen LogP contribution in [-0.4, -0.2) is 83.6 Å². The minimum Gasteiger partial charge on any atom is -0.506 e. The van der Waals surface area contributed by atoms with E-state index in [1.165, 1.54) is 18.9 Å². The SMILES string of the molecule is C[C@H](NC(=O)[C@@H](N)Cc1cc(I)c(O)c(I)c1)C(=O)NCC(=O)N(C)[C@@H](Cc1ccccc1)C(=O)NCCO. The van der Waals surface area contributed by atoms with E-state index in [1.54, 1.807) is 12.1 Å². The number of nitrogens with zero attached hydrogens (tertiary/aromatic N) is 1. The summed E-state index contributed by atoms with van der Waals surface area (Å²) in [4.78, 5) is 51.9. The van der Waals surface area contributed by atoms with Gasteiger partial charge in [-0.1, -0.05) is 30.3 Å². The van der Waals surface area contributed by atoms with E-state index in [9.17, 15) is 24.3 Å². The topological polar surface area (TPSA) is 174 Å². The van der Waals surface area contributed by atoms with Gasteiger partial charge in [-0.2, -0.15) is 0 Å². The summed E-state index contributed by atoms with van der Waals surface area (Å²) >= 11 is 3.99. The lowest BCUT2D eigenvalue weighted by atomic mass is 10.0. The fourth-order valence-electron chi connectivity index (χ4n) is 3.62. The van der Waals surface area contributed by atoms with Crippen LogP contribution < -0.4 is 21.7 Å². The maximum Gasteiger partial charge on any atom is 0.243 e. The lowest BCUT2D eigenvalue weighted by molar-refractivity contribution is -0.139. The Labute approximate surface area is 254 Å². The molecule has 0 saturated carbocycles. The van der Waals surface area contributed by atoms with Gasteiger partial charge in [0, 0.05) is 20.0 Å². The molecule has 0 aliphatic heterocycles. The quantitative estimate of drug-likeness (QED) is 0.159. The maximum atomic E-state index is 12.8. The molecule has 0 spiro atoms. The number of phenols is 1. The largest absolute Gasteiger partial charge is 0.506 e. The van der Waals surface area contributed by atoms with Gasteiger partial charge in [-0.15, -0.1) is 0 Å². The molecule has 13 heteroatoms. The van der Waals surface area contributed by atoms with Crippen molar-refractivity contribution < 1.29 is 29.4 Å². The summed E-state index contributed by atoms with van der Waals surface area (Å²) in [6.07, 6.45) is 0.453. The Morgan fingerprint density at radius 3 is 2.15 bits per heavy atom. The van der Waals surface area contributed by atoms with Gasteiger partial charge < -0.3 is 36.8 Å². The van der Waals surface area contributed by atoms with Crippen molar-refractivity contribution in [3.63, 3.8) is 0 Å². The molecule has 2 aromatic rings. The highest BCUT2D eigenvalue weighted by Gasteiger charge is 2.28. The van der Waals surface area contributed by atoms with Gasteiger partial charge in [-0.3, -0.25) is 19.2 Å². The third-order valence-corrected chi connectivity index (χ3v) is 7.53. The molecule has 11 nitrogen and oxygen atoms in total. The maximum absolute atomic E-state index is 12.8. The number of nitrogens with two attached hydrogens (primary N) is 1. The molecule has 3 atom stereocenters. The van der Waals surface area contributed by atoms with E-state index in [0.29, 0.717) is 7.14 Å². The molecule has 0 bridgehead atoms. The molecule has 0 aliphatic rings. The average Bonchev–Trinajstić information content (AvgIpc) is 2.91. The summed E-state index contributed by atoms with van der Waals surface area (Å²) in [7, 11) is 1.47. The number of amides is 4. The highest BCUT2D eigenvalue weighted by Crippen LogP contribution is 2.27. The van der Waals surface area contributed by atoms with Crippen LogP contribution in [0.2, 0.25) is 0 Å². The fraction of sp³-hybridized carbons (Fsp3) is 0.385. The number of nitrogens with one attached hydrogen (secondary N) is 3. The summed E-state index contributed by atoms with van der Waals surface area (Å²) in [5.74, 6) is -1.89. The number of hydrogen-bond donors (Lipinski definition) is 6. The standard InChI is InChI=1S/C26H33I2N5O6/c1-15(32-25(38)20(29)12-17-10-18(27)23(36)19(28)11-17)24(37)31-14-22(35)33(2)21(26(39)30-8-9-34)13-16-6-4-3-5-7-16/h3-7,10-11,15,20-21,34,36H,8-9,12-14,29H2,1-2H3,(H,30,39)(H,31,37)(H,32,38)/t15-,20-,21-/m0/s1. The van der Waals surface area contributed by atoms with E-state index in [0.717, 1.165) is 11.1 Å². The first kappa shape index (κ1) is 32.7. The molecule has 0 saturated heterocycles. The van der Waals surface area contributed by atoms with Gasteiger partial charge in [-0.25, -0.2) is 0 Å². The molecule has 0 aromatic heterocycles. The Bertz CT molecular complexity index is 1140. The molecule has 0 heterocycles. The van der Waals surface area contributed by atoms with Crippen LogP contribution in [0.25, 0.3) is 0 Å². The fourth-order valence-corrected chi connectivity index (χ4v) is 5.52. The molecule has 0 radical (unpaired) electrons. The van der Waals surface area contributed by atoms with Crippen molar-refractivity contribution in [2.75, 3.05) is 26.7 Å². The van der Waals surface area contributed by atoms with Crippen LogP contribution in [0.4, 0.5) is 0 Å². The first-order chi connectivity index (χ1) is 18.4. The Morgan fingerprint density at radius 1 is 0.949 bits per heavy atom. The molecule has 7 N–H and O–H groups in total. The third kappa shape index (κ3) is 10.2. The van der Waals surface area contributed by atoms with E-state index in [2.05, 4.69) is 16.0 Å². The Morgan fingerprint density at radius 2 is 1.56 bits per heavy atom. The van der Waals surface area contributed by atoms with Crippen molar-refractivity contribution in [3.05, 3.63) is 60.7 Å². The molecule has 0 unspecified atom stereocenters. The Balaban J connectivity index is 1.93. The van der Waals surface area contributed by atoms with E-state index in [1.807, 2.05) is 75.5 Å². The number of carbonyl (C=O) groups excluding carboxylic acids is 4. The van der Waals surface area contributed by atoms with Crippen molar-refractivity contribution in [2.24, 2.45) is 5.73 Å². The van der Waals surface area contributed by atoms with Gasteiger partial charge in [0.2, 0.25) is 23.6 Å². The van der Waals surface area contributed by atoms with Crippen LogP contribution in [0.5, 0.6) is 5.75 Å². The summed E-state index contributed by atoms with van der Waals surface area (Å²) in [6, 6.07) is 9.89. The van der Waals surface area contributed by atoms with Crippen LogP contribution in [0.3, 0.4) is 0 Å². The number of halogens is 2. The predicted molar refractivity (Wildman–Crippen MR) is 163 cm³/mol. The van der Waals surface area contributed by atoms with Crippen molar-refractivity contribution in [2.45, 2.75) is 37.9 Å². The van der Waals surface area contributed by atoms with Gasteiger partial charge in [-0.05, 0) is 81.8 Å². The van der Waals surface area contributed by atoms with Crippen LogP contribution in [0.1, 0.15) is 18.1 Å². The number of carbonyl (C=O) groups is 4. The lowest BCUT2D eigenvalue weighted by Gasteiger charge is -2.28. The highest BCUT2D eigenvalue weighted by molar-refractivity contribution is 14.1. The number of aliphatic hydroxyl groups excluding tert-OH is 1. The number of aromatic hydroxyl groups is 1. The number of hydrogen-bond acceptors (Lipinski definition) is 7. The smallest absolute Gasteiger partial charge is 0.243 e. The van der Waals surface area contributed by atoms with Crippen LogP contribution in [0, 0.1) is 7.14 Å². The van der Waals surface area contributed by atoms with Gasteiger partial charge in [0.15, 0.2) is 0 Å². The van der Waals surface area contributed by atoms with Crippen molar-refractivity contribution >= 4 is 68.8 Å². The van der Waals surface area contributed by atoms with Gasteiger partial charge >= 0.3 is 0 Å². The van der Waals surface area contributed by atoms with Crippen molar-refractivity contribution in [1.82, 2.24) is 20.9 Å². The molecular formula is C26H33I2N5O6. The zero-order valence-corrected chi connectivity index (χ0v) is 25.9. The van der Waals surface area contributed by atoms with Crippen LogP contribution in [0.15, 0.2) is 42.5 Å². The van der Waals surface area contributed by atoms with E-state index >= 15 is 0 Å². The molecule has 0 aliphatic carbocycles. The van der Waals surface area contributed by atoms with Crippen LogP contribution in [-0.2, 0) is 32.0 Å². The molecule has 212 valence electrons. The number of rotatable bonds is 13. The molecule has 2 rings (SSSR count). The van der Waals surface area contributed by atoms with Crippen LogP contribution >= 0.6 is 45.2 Å². The molecule has 4 amide bonds. The Hall–Kier alpha value is -2.50. The number of benzene rings is 2. The predicted octanol–water partition coefficient (Wildman–Crippen LogP) is 0.270. The van der Waals surface area contributed by atoms with E-state index in [-0.39, 0.29) is 38.3 Å². The zero-order chi connectivity index (χ0) is 29.1. The monoisotopic (exact) mass is 765 g/mol. The van der Waals surface area contributed by atoms with Crippen molar-refractivity contribution in [1.29, 1.82) is 0 Å². The van der Waals surface area contributed by atoms with Gasteiger partial charge in [0.25, 0.3) is 0 Å². The van der Waals surface area contributed by atoms with E-state index < -0.39 is 41.8 Å². The molecule has 39 heavy (non-hydrogen) atoms. The summed E-state index contributed by atoms with van der Waals surface area (Å²) in [5.41, 5.74) is 7.64. The summed E-state index contributed by atoms with van der Waals surface area (Å²) < 4.78 is 1.28. The van der Waals surface area contributed by atoms with Gasteiger partial charge in [0.1, 0.15) is 17.8 Å². The first-order valence-electron chi connectivity index (χ1n) is 12.1. The summed E-state index contributed by atoms with van der Waals surface area (Å²) in [5, 5.41) is 26.6. The highest BCUT2D eigenvalue weighted by atomic mass is 127. The number of phenolic OH excluding ortho intramolecular Hbond substituents is 1. The average molecular weight is 765 g/mol. The normalized spacial score (nSPS) is 13.1. The summed E-state index contributed by atoms with van der Waals surface area (Å²) in [6.45, 7) is 0.900. The van der Waals surface area contributed by atoms with E-state index in [4.69, 9.17) is 10.8 Å². The molecule has 0 fully saturated rings. The number of likely N-dealkylation sites (N-methyl/N-ethyl adjacent to an activating group) is 1. The minimum absolute atomic E-state index is 0.0491. The first-order valence-corrected chi connectivity index (χ1v) is 14.3. The molecular weight excluding hydrogens is 732 g/mol. The third-order valence-electron chi connectivity index (χ3n) is 5.88. The second-order valence-electron chi connectivity index (χ2n) is 8.89. The number of aliphatic hydroxyl groups is 1. The molecule has 2 aromatic carbocycles. The lowest BCUT2D eigenvalue weighted by Crippen LogP contribution is -2.54. The second-order valence-corrected chi connectivity index (χ2v) is 11.2. The Kier molecular flexibility index (Phi) is 13.4. The van der Waals surface area contributed by atoms with Crippen molar-refractivity contribution in [3.8, 4) is 5.75 Å².